The summed E-state index contributed by atoms with van der Waals surface area (Å²) in [6, 6.07) is 5.03. The van der Waals surface area contributed by atoms with Gasteiger partial charge in [0.1, 0.15) is 5.76 Å². The minimum atomic E-state index is 0.399. The SMILES string of the molecule is CC(C)NCC1CCCN(C)C1c1ccc(Br)o1. The molecule has 0 spiro atoms. The molecule has 0 aromatic carbocycles. The van der Waals surface area contributed by atoms with Crippen LogP contribution in [0.1, 0.15) is 38.5 Å². The summed E-state index contributed by atoms with van der Waals surface area (Å²) in [5.41, 5.74) is 0. The number of piperidine rings is 1. The second-order valence-electron chi connectivity index (χ2n) is 5.53. The van der Waals surface area contributed by atoms with Gasteiger partial charge in [-0.25, -0.2) is 0 Å². The number of rotatable bonds is 4. The average Bonchev–Trinajstić information content (AvgIpc) is 2.72. The number of hydrogen-bond acceptors (Lipinski definition) is 3. The van der Waals surface area contributed by atoms with E-state index < -0.39 is 0 Å². The van der Waals surface area contributed by atoms with Crippen molar-refractivity contribution in [3.05, 3.63) is 22.6 Å². The van der Waals surface area contributed by atoms with Crippen LogP contribution in [0.3, 0.4) is 0 Å². The van der Waals surface area contributed by atoms with Crippen LogP contribution in [0, 0.1) is 5.92 Å². The third-order valence-corrected chi connectivity index (χ3v) is 4.11. The lowest BCUT2D eigenvalue weighted by molar-refractivity contribution is 0.0990. The second kappa shape index (κ2) is 6.22. The first-order chi connectivity index (χ1) is 8.58. The summed E-state index contributed by atoms with van der Waals surface area (Å²) in [7, 11) is 2.20. The highest BCUT2D eigenvalue weighted by Gasteiger charge is 2.32. The number of halogens is 1. The molecular formula is C14H23BrN2O. The van der Waals surface area contributed by atoms with Gasteiger partial charge in [0.25, 0.3) is 0 Å². The van der Waals surface area contributed by atoms with E-state index in [0.29, 0.717) is 18.0 Å². The van der Waals surface area contributed by atoms with Crippen molar-refractivity contribution < 1.29 is 4.42 Å². The minimum absolute atomic E-state index is 0.399. The summed E-state index contributed by atoms with van der Waals surface area (Å²) in [5.74, 6) is 1.71. The molecule has 2 atom stereocenters. The topological polar surface area (TPSA) is 28.4 Å². The Morgan fingerprint density at radius 1 is 1.50 bits per heavy atom. The molecule has 2 unspecified atom stereocenters. The fourth-order valence-electron chi connectivity index (χ4n) is 2.80. The molecule has 2 heterocycles. The van der Waals surface area contributed by atoms with E-state index in [1.165, 1.54) is 12.8 Å². The molecule has 0 bridgehead atoms. The molecule has 1 fully saturated rings. The first-order valence-corrected chi connectivity index (χ1v) is 7.56. The van der Waals surface area contributed by atoms with E-state index in [-0.39, 0.29) is 0 Å². The molecule has 1 aromatic rings. The Hall–Kier alpha value is -0.320. The van der Waals surface area contributed by atoms with E-state index in [2.05, 4.69) is 53.1 Å². The Morgan fingerprint density at radius 3 is 2.89 bits per heavy atom. The number of furan rings is 1. The first-order valence-electron chi connectivity index (χ1n) is 6.76. The van der Waals surface area contributed by atoms with Crippen LogP contribution < -0.4 is 5.32 Å². The van der Waals surface area contributed by atoms with Gasteiger partial charge in [0.05, 0.1) is 6.04 Å². The molecule has 0 amide bonds. The van der Waals surface area contributed by atoms with Crippen LogP contribution in [0.25, 0.3) is 0 Å². The summed E-state index contributed by atoms with van der Waals surface area (Å²) in [6.07, 6.45) is 2.55. The summed E-state index contributed by atoms with van der Waals surface area (Å²) >= 11 is 3.40. The lowest BCUT2D eigenvalue weighted by Crippen LogP contribution is -2.41. The van der Waals surface area contributed by atoms with Gasteiger partial charge in [-0.15, -0.1) is 0 Å². The predicted octanol–water partition coefficient (Wildman–Crippen LogP) is 3.42. The predicted molar refractivity (Wildman–Crippen MR) is 77.6 cm³/mol. The normalized spacial score (nSPS) is 25.8. The summed E-state index contributed by atoms with van der Waals surface area (Å²) in [5, 5.41) is 3.56. The van der Waals surface area contributed by atoms with Gasteiger partial charge >= 0.3 is 0 Å². The third kappa shape index (κ3) is 3.37. The van der Waals surface area contributed by atoms with Gasteiger partial charge in [-0.3, -0.25) is 4.90 Å². The molecule has 1 aromatic heterocycles. The highest BCUT2D eigenvalue weighted by Crippen LogP contribution is 2.36. The molecule has 1 N–H and O–H groups in total. The Labute approximate surface area is 118 Å². The molecule has 2 rings (SSSR count). The van der Waals surface area contributed by atoms with Crippen molar-refractivity contribution in [1.82, 2.24) is 10.2 Å². The molecule has 3 nitrogen and oxygen atoms in total. The van der Waals surface area contributed by atoms with Crippen molar-refractivity contribution in [2.75, 3.05) is 20.1 Å². The van der Waals surface area contributed by atoms with Crippen LogP contribution in [-0.2, 0) is 0 Å². The van der Waals surface area contributed by atoms with Crippen molar-refractivity contribution in [3.63, 3.8) is 0 Å². The number of nitrogens with one attached hydrogen (secondary N) is 1. The van der Waals surface area contributed by atoms with Crippen LogP contribution in [-0.4, -0.2) is 31.1 Å². The van der Waals surface area contributed by atoms with Gasteiger partial charge < -0.3 is 9.73 Å². The van der Waals surface area contributed by atoms with Crippen molar-refractivity contribution >= 4 is 15.9 Å². The van der Waals surface area contributed by atoms with Gasteiger partial charge in [0.2, 0.25) is 0 Å². The first kappa shape index (κ1) is 14.1. The smallest absolute Gasteiger partial charge is 0.169 e. The Kier molecular flexibility index (Phi) is 4.87. The lowest BCUT2D eigenvalue weighted by Gasteiger charge is -2.38. The zero-order valence-corrected chi connectivity index (χ0v) is 13.0. The quantitative estimate of drug-likeness (QED) is 0.923. The maximum absolute atomic E-state index is 5.78. The molecule has 18 heavy (non-hydrogen) atoms. The van der Waals surface area contributed by atoms with E-state index in [1.807, 2.05) is 6.07 Å². The van der Waals surface area contributed by atoms with Crippen molar-refractivity contribution in [1.29, 1.82) is 0 Å². The number of hydrogen-bond donors (Lipinski definition) is 1. The Balaban J connectivity index is 2.10. The fraction of sp³-hybridized carbons (Fsp3) is 0.714. The molecule has 4 heteroatoms. The molecular weight excluding hydrogens is 292 g/mol. The van der Waals surface area contributed by atoms with Crippen LogP contribution in [0.15, 0.2) is 21.2 Å². The van der Waals surface area contributed by atoms with Crippen LogP contribution in [0.5, 0.6) is 0 Å². The van der Waals surface area contributed by atoms with E-state index in [9.17, 15) is 0 Å². The third-order valence-electron chi connectivity index (χ3n) is 3.68. The monoisotopic (exact) mass is 314 g/mol. The highest BCUT2D eigenvalue weighted by molar-refractivity contribution is 9.10. The van der Waals surface area contributed by atoms with Crippen LogP contribution >= 0.6 is 15.9 Å². The molecule has 0 saturated carbocycles. The van der Waals surface area contributed by atoms with E-state index >= 15 is 0 Å². The van der Waals surface area contributed by atoms with E-state index in [1.54, 1.807) is 0 Å². The van der Waals surface area contributed by atoms with Crippen LogP contribution in [0.4, 0.5) is 0 Å². The lowest BCUT2D eigenvalue weighted by atomic mass is 9.87. The van der Waals surface area contributed by atoms with Crippen molar-refractivity contribution in [2.24, 2.45) is 5.92 Å². The molecule has 0 aliphatic carbocycles. The minimum Gasteiger partial charge on any atom is -0.453 e. The van der Waals surface area contributed by atoms with Gasteiger partial charge in [-0.05, 0) is 60.4 Å². The van der Waals surface area contributed by atoms with E-state index in [0.717, 1.165) is 23.5 Å². The van der Waals surface area contributed by atoms with Gasteiger partial charge in [-0.1, -0.05) is 13.8 Å². The van der Waals surface area contributed by atoms with Gasteiger partial charge in [-0.2, -0.15) is 0 Å². The second-order valence-corrected chi connectivity index (χ2v) is 6.31. The molecule has 1 aliphatic rings. The van der Waals surface area contributed by atoms with E-state index in [4.69, 9.17) is 4.42 Å². The van der Waals surface area contributed by atoms with Gasteiger partial charge in [0, 0.05) is 12.6 Å². The fourth-order valence-corrected chi connectivity index (χ4v) is 3.12. The van der Waals surface area contributed by atoms with Gasteiger partial charge in [0.15, 0.2) is 4.67 Å². The number of likely N-dealkylation sites (tertiary alicyclic amines) is 1. The maximum Gasteiger partial charge on any atom is 0.169 e. The Morgan fingerprint density at radius 2 is 2.28 bits per heavy atom. The maximum atomic E-state index is 5.78. The zero-order chi connectivity index (χ0) is 13.1. The molecule has 1 saturated heterocycles. The molecule has 102 valence electrons. The molecule has 1 aliphatic heterocycles. The molecule has 0 radical (unpaired) electrons. The standard InChI is InChI=1S/C14H23BrN2O/c1-10(2)16-9-11-5-4-8-17(3)14(11)12-6-7-13(15)18-12/h6-7,10-11,14,16H,4-5,8-9H2,1-3H3. The van der Waals surface area contributed by atoms with Crippen molar-refractivity contribution in [2.45, 2.75) is 38.8 Å². The summed E-state index contributed by atoms with van der Waals surface area (Å²) in [4.78, 5) is 2.42. The zero-order valence-electron chi connectivity index (χ0n) is 11.4. The number of nitrogens with zero attached hydrogens (tertiary/aromatic N) is 1. The summed E-state index contributed by atoms with van der Waals surface area (Å²) < 4.78 is 6.60. The Bertz CT molecular complexity index is 378. The van der Waals surface area contributed by atoms with Crippen molar-refractivity contribution in [3.8, 4) is 0 Å². The highest BCUT2D eigenvalue weighted by atomic mass is 79.9. The summed E-state index contributed by atoms with van der Waals surface area (Å²) in [6.45, 7) is 6.61. The van der Waals surface area contributed by atoms with Crippen LogP contribution in [0.2, 0.25) is 0 Å². The average molecular weight is 315 g/mol. The largest absolute Gasteiger partial charge is 0.453 e.